The molecule has 1 saturated heterocycles. The Morgan fingerprint density at radius 1 is 1.67 bits per heavy atom. The highest BCUT2D eigenvalue weighted by molar-refractivity contribution is 5.90. The van der Waals surface area contributed by atoms with E-state index >= 15 is 0 Å². The molecule has 96 valence electrons. The maximum Gasteiger partial charge on any atom is 0.305 e. The molecule has 1 atom stereocenters. The summed E-state index contributed by atoms with van der Waals surface area (Å²) in [6.45, 7) is 2.99. The Balaban J connectivity index is 2.27. The van der Waals surface area contributed by atoms with Gasteiger partial charge in [-0.15, -0.1) is 0 Å². The highest BCUT2D eigenvalue weighted by Crippen LogP contribution is 2.20. The van der Waals surface area contributed by atoms with Crippen molar-refractivity contribution in [1.82, 2.24) is 10.3 Å². The summed E-state index contributed by atoms with van der Waals surface area (Å²) in [7, 11) is 0. The quantitative estimate of drug-likeness (QED) is 0.798. The van der Waals surface area contributed by atoms with Crippen molar-refractivity contribution < 1.29 is 14.7 Å². The van der Waals surface area contributed by atoms with Crippen molar-refractivity contribution in [3.63, 3.8) is 0 Å². The molecule has 2 rings (SSSR count). The minimum atomic E-state index is -0.979. The van der Waals surface area contributed by atoms with Crippen molar-refractivity contribution in [1.29, 1.82) is 0 Å². The smallest absolute Gasteiger partial charge is 0.305 e. The molecule has 6 nitrogen and oxygen atoms in total. The number of carboxylic acids is 1. The molecule has 1 aliphatic heterocycles. The summed E-state index contributed by atoms with van der Waals surface area (Å²) < 4.78 is 0. The van der Waals surface area contributed by atoms with Crippen LogP contribution in [0.5, 0.6) is 0 Å². The molecule has 1 aromatic heterocycles. The number of rotatable bonds is 3. The average Bonchev–Trinajstić information content (AvgIpc) is 2.31. The molecule has 6 heteroatoms. The first kappa shape index (κ1) is 12.3. The monoisotopic (exact) mass is 249 g/mol. The molecule has 0 spiro atoms. The SMILES string of the molecule is Cc1cc(N2CCNC(=O)C2CC(=O)O)ccn1. The lowest BCUT2D eigenvalue weighted by atomic mass is 10.1. The van der Waals surface area contributed by atoms with Crippen molar-refractivity contribution in [3.8, 4) is 0 Å². The zero-order chi connectivity index (χ0) is 13.1. The van der Waals surface area contributed by atoms with Crippen molar-refractivity contribution >= 4 is 17.6 Å². The maximum absolute atomic E-state index is 11.8. The molecular weight excluding hydrogens is 234 g/mol. The lowest BCUT2D eigenvalue weighted by molar-refractivity contribution is -0.139. The molecule has 2 N–H and O–H groups in total. The van der Waals surface area contributed by atoms with Crippen LogP contribution in [-0.4, -0.2) is 41.1 Å². The Kier molecular flexibility index (Phi) is 3.45. The maximum atomic E-state index is 11.8. The van der Waals surface area contributed by atoms with Crippen molar-refractivity contribution in [3.05, 3.63) is 24.0 Å². The molecular formula is C12H15N3O3. The van der Waals surface area contributed by atoms with Gasteiger partial charge in [-0.05, 0) is 19.1 Å². The zero-order valence-electron chi connectivity index (χ0n) is 10.1. The summed E-state index contributed by atoms with van der Waals surface area (Å²) in [5.41, 5.74) is 1.68. The van der Waals surface area contributed by atoms with Gasteiger partial charge in [-0.25, -0.2) is 0 Å². The number of aryl methyl sites for hydroxylation is 1. The molecule has 0 radical (unpaired) electrons. The van der Waals surface area contributed by atoms with Gasteiger partial charge in [0.15, 0.2) is 0 Å². The van der Waals surface area contributed by atoms with E-state index in [0.717, 1.165) is 11.4 Å². The first-order chi connectivity index (χ1) is 8.58. The Hall–Kier alpha value is -2.11. The number of piperazine rings is 1. The van der Waals surface area contributed by atoms with Crippen molar-refractivity contribution in [2.45, 2.75) is 19.4 Å². The summed E-state index contributed by atoms with van der Waals surface area (Å²) in [5.74, 6) is -1.22. The number of nitrogens with one attached hydrogen (secondary N) is 1. The molecule has 0 aromatic carbocycles. The van der Waals surface area contributed by atoms with Crippen LogP contribution in [0.2, 0.25) is 0 Å². The predicted molar refractivity (Wildman–Crippen MR) is 65.4 cm³/mol. The fourth-order valence-corrected chi connectivity index (χ4v) is 2.10. The van der Waals surface area contributed by atoms with Gasteiger partial charge in [0, 0.05) is 30.7 Å². The van der Waals surface area contributed by atoms with Gasteiger partial charge in [0.1, 0.15) is 6.04 Å². The third-order valence-corrected chi connectivity index (χ3v) is 2.91. The normalized spacial score (nSPS) is 19.5. The number of carbonyl (C=O) groups is 2. The van der Waals surface area contributed by atoms with Crippen LogP contribution in [0, 0.1) is 6.92 Å². The number of aromatic nitrogens is 1. The van der Waals surface area contributed by atoms with Crippen molar-refractivity contribution in [2.75, 3.05) is 18.0 Å². The van der Waals surface area contributed by atoms with Crippen LogP contribution >= 0.6 is 0 Å². The largest absolute Gasteiger partial charge is 0.481 e. The van der Waals surface area contributed by atoms with Gasteiger partial charge >= 0.3 is 5.97 Å². The zero-order valence-corrected chi connectivity index (χ0v) is 10.1. The summed E-state index contributed by atoms with van der Waals surface area (Å²) in [5, 5.41) is 11.6. The number of carbonyl (C=O) groups excluding carboxylic acids is 1. The van der Waals surface area contributed by atoms with E-state index in [-0.39, 0.29) is 12.3 Å². The van der Waals surface area contributed by atoms with E-state index in [9.17, 15) is 9.59 Å². The Morgan fingerprint density at radius 2 is 2.44 bits per heavy atom. The van der Waals surface area contributed by atoms with Crippen LogP contribution in [0.3, 0.4) is 0 Å². The average molecular weight is 249 g/mol. The second-order valence-corrected chi connectivity index (χ2v) is 4.25. The number of hydrogen-bond acceptors (Lipinski definition) is 4. The molecule has 1 fully saturated rings. The molecule has 0 bridgehead atoms. The second kappa shape index (κ2) is 5.03. The highest BCUT2D eigenvalue weighted by Gasteiger charge is 2.31. The first-order valence-electron chi connectivity index (χ1n) is 5.77. The highest BCUT2D eigenvalue weighted by atomic mass is 16.4. The third kappa shape index (κ3) is 2.58. The number of nitrogens with zero attached hydrogens (tertiary/aromatic N) is 2. The van der Waals surface area contributed by atoms with E-state index < -0.39 is 12.0 Å². The second-order valence-electron chi connectivity index (χ2n) is 4.25. The summed E-state index contributed by atoms with van der Waals surface area (Å²) >= 11 is 0. The van der Waals surface area contributed by atoms with Gasteiger partial charge in [-0.2, -0.15) is 0 Å². The number of aliphatic carboxylic acids is 1. The van der Waals surface area contributed by atoms with E-state index in [1.165, 1.54) is 0 Å². The molecule has 1 amide bonds. The fraction of sp³-hybridized carbons (Fsp3) is 0.417. The van der Waals surface area contributed by atoms with Crippen LogP contribution < -0.4 is 10.2 Å². The van der Waals surface area contributed by atoms with E-state index in [0.29, 0.717) is 13.1 Å². The third-order valence-electron chi connectivity index (χ3n) is 2.91. The van der Waals surface area contributed by atoms with Crippen LogP contribution in [0.1, 0.15) is 12.1 Å². The minimum Gasteiger partial charge on any atom is -0.481 e. The van der Waals surface area contributed by atoms with E-state index in [1.54, 1.807) is 12.3 Å². The van der Waals surface area contributed by atoms with Gasteiger partial charge in [0.05, 0.1) is 6.42 Å². The topological polar surface area (TPSA) is 82.5 Å². The molecule has 18 heavy (non-hydrogen) atoms. The lowest BCUT2D eigenvalue weighted by Crippen LogP contribution is -2.56. The van der Waals surface area contributed by atoms with Crippen LogP contribution in [0.25, 0.3) is 0 Å². The number of pyridine rings is 1. The molecule has 2 heterocycles. The summed E-state index contributed by atoms with van der Waals surface area (Å²) in [6, 6.07) is 2.99. The number of carboxylic acid groups (broad SMARTS) is 1. The standard InChI is InChI=1S/C12H15N3O3/c1-8-6-9(2-3-13-8)15-5-4-14-12(18)10(15)7-11(16)17/h2-3,6,10H,4-5,7H2,1H3,(H,14,18)(H,16,17). The number of anilines is 1. The Bertz CT molecular complexity index is 475. The van der Waals surface area contributed by atoms with E-state index in [4.69, 9.17) is 5.11 Å². The molecule has 1 aliphatic rings. The minimum absolute atomic E-state index is 0.201. The van der Waals surface area contributed by atoms with Crippen LogP contribution in [0.4, 0.5) is 5.69 Å². The summed E-state index contributed by atoms with van der Waals surface area (Å²) in [6.07, 6.45) is 1.46. The van der Waals surface area contributed by atoms with E-state index in [2.05, 4.69) is 10.3 Å². The molecule has 0 saturated carbocycles. The lowest BCUT2D eigenvalue weighted by Gasteiger charge is -2.36. The Labute approximate surface area is 105 Å². The van der Waals surface area contributed by atoms with Crippen LogP contribution in [-0.2, 0) is 9.59 Å². The molecule has 0 aliphatic carbocycles. The molecule has 1 aromatic rings. The number of hydrogen-bond donors (Lipinski definition) is 2. The number of amides is 1. The van der Waals surface area contributed by atoms with Gasteiger partial charge < -0.3 is 15.3 Å². The Morgan fingerprint density at radius 3 is 3.11 bits per heavy atom. The van der Waals surface area contributed by atoms with Gasteiger partial charge in [-0.1, -0.05) is 0 Å². The van der Waals surface area contributed by atoms with Gasteiger partial charge in [-0.3, -0.25) is 14.6 Å². The van der Waals surface area contributed by atoms with Crippen LogP contribution in [0.15, 0.2) is 18.3 Å². The van der Waals surface area contributed by atoms with Gasteiger partial charge in [0.2, 0.25) is 5.91 Å². The fourth-order valence-electron chi connectivity index (χ4n) is 2.10. The first-order valence-corrected chi connectivity index (χ1v) is 5.77. The van der Waals surface area contributed by atoms with E-state index in [1.807, 2.05) is 17.9 Å². The summed E-state index contributed by atoms with van der Waals surface area (Å²) in [4.78, 5) is 28.5. The van der Waals surface area contributed by atoms with Gasteiger partial charge in [0.25, 0.3) is 0 Å². The molecule has 1 unspecified atom stereocenters. The van der Waals surface area contributed by atoms with Crippen molar-refractivity contribution in [2.24, 2.45) is 0 Å². The predicted octanol–water partition coefficient (Wildman–Crippen LogP) is 0.170.